The predicted octanol–water partition coefficient (Wildman–Crippen LogP) is 2.86. The number of nitrogens with zero attached hydrogens (tertiary/aromatic N) is 1. The van der Waals surface area contributed by atoms with Crippen molar-refractivity contribution in [1.29, 1.82) is 0 Å². The van der Waals surface area contributed by atoms with Gasteiger partial charge in [0.25, 0.3) is 0 Å². The number of anilines is 1. The van der Waals surface area contributed by atoms with Gasteiger partial charge in [0, 0.05) is 5.69 Å². The van der Waals surface area contributed by atoms with E-state index in [1.165, 1.54) is 0 Å². The van der Waals surface area contributed by atoms with Crippen molar-refractivity contribution >= 4 is 5.69 Å². The van der Waals surface area contributed by atoms with Gasteiger partial charge in [0.2, 0.25) is 0 Å². The molecule has 0 atom stereocenters. The first-order valence-corrected chi connectivity index (χ1v) is 5.57. The summed E-state index contributed by atoms with van der Waals surface area (Å²) in [5, 5.41) is 0. The highest BCUT2D eigenvalue weighted by Crippen LogP contribution is 2.26. The average Bonchev–Trinajstić information content (AvgIpc) is 2.28. The molecule has 0 aliphatic carbocycles. The maximum atomic E-state index is 5.87. The molecule has 0 aliphatic heterocycles. The second-order valence-corrected chi connectivity index (χ2v) is 4.05. The van der Waals surface area contributed by atoms with E-state index in [0.29, 0.717) is 12.3 Å². The van der Waals surface area contributed by atoms with Crippen LogP contribution in [0.1, 0.15) is 17.0 Å². The molecule has 17 heavy (non-hydrogen) atoms. The molecule has 0 saturated heterocycles. The van der Waals surface area contributed by atoms with Crippen LogP contribution < -0.4 is 10.5 Å². The summed E-state index contributed by atoms with van der Waals surface area (Å²) < 4.78 is 5.72. The Kier molecular flexibility index (Phi) is 3.28. The van der Waals surface area contributed by atoms with Crippen molar-refractivity contribution in [2.24, 2.45) is 0 Å². The molecular weight excluding hydrogens is 212 g/mol. The number of aryl methyl sites for hydroxylation is 2. The maximum absolute atomic E-state index is 5.87. The highest BCUT2D eigenvalue weighted by molar-refractivity contribution is 5.56. The van der Waals surface area contributed by atoms with Crippen molar-refractivity contribution in [2.45, 2.75) is 20.5 Å². The number of rotatable bonds is 3. The highest BCUT2D eigenvalue weighted by atomic mass is 16.5. The molecule has 3 nitrogen and oxygen atoms in total. The Bertz CT molecular complexity index is 503. The number of benzene rings is 1. The molecule has 0 aliphatic rings. The summed E-state index contributed by atoms with van der Waals surface area (Å²) >= 11 is 0. The van der Waals surface area contributed by atoms with Crippen molar-refractivity contribution in [2.75, 3.05) is 5.73 Å². The first-order chi connectivity index (χ1) is 8.16. The molecule has 2 rings (SSSR count). The molecule has 0 amide bonds. The van der Waals surface area contributed by atoms with Crippen molar-refractivity contribution in [3.63, 3.8) is 0 Å². The summed E-state index contributed by atoms with van der Waals surface area (Å²) in [5.74, 6) is 0.746. The average molecular weight is 228 g/mol. The van der Waals surface area contributed by atoms with E-state index in [1.807, 2.05) is 50.2 Å². The normalized spacial score (nSPS) is 10.2. The van der Waals surface area contributed by atoms with Crippen LogP contribution in [0.4, 0.5) is 5.69 Å². The van der Waals surface area contributed by atoms with E-state index >= 15 is 0 Å². The molecular formula is C14H16N2O. The minimum absolute atomic E-state index is 0.441. The van der Waals surface area contributed by atoms with E-state index in [4.69, 9.17) is 10.5 Å². The topological polar surface area (TPSA) is 48.1 Å². The molecule has 0 saturated carbocycles. The van der Waals surface area contributed by atoms with E-state index < -0.39 is 0 Å². The van der Waals surface area contributed by atoms with Gasteiger partial charge in [-0.25, -0.2) is 0 Å². The van der Waals surface area contributed by atoms with Gasteiger partial charge in [-0.2, -0.15) is 0 Å². The zero-order chi connectivity index (χ0) is 12.3. The molecule has 3 heteroatoms. The number of nitrogens with two attached hydrogens (primary N) is 1. The summed E-state index contributed by atoms with van der Waals surface area (Å²) in [6, 6.07) is 11.6. The van der Waals surface area contributed by atoms with Crippen LogP contribution in [0.2, 0.25) is 0 Å². The van der Waals surface area contributed by atoms with E-state index in [-0.39, 0.29) is 0 Å². The van der Waals surface area contributed by atoms with E-state index in [1.54, 1.807) is 0 Å². The van der Waals surface area contributed by atoms with Gasteiger partial charge in [0.05, 0.1) is 11.4 Å². The van der Waals surface area contributed by atoms with Crippen LogP contribution >= 0.6 is 0 Å². The van der Waals surface area contributed by atoms with Gasteiger partial charge in [-0.15, -0.1) is 0 Å². The molecule has 0 unspecified atom stereocenters. The summed E-state index contributed by atoms with van der Waals surface area (Å²) in [6.45, 7) is 4.39. The summed E-state index contributed by atoms with van der Waals surface area (Å²) in [7, 11) is 0. The second kappa shape index (κ2) is 4.87. The lowest BCUT2D eigenvalue weighted by Crippen LogP contribution is -2.02. The minimum Gasteiger partial charge on any atom is -0.485 e. The largest absolute Gasteiger partial charge is 0.485 e. The first-order valence-electron chi connectivity index (χ1n) is 5.57. The number of ether oxygens (including phenoxy) is 1. The van der Waals surface area contributed by atoms with Crippen LogP contribution in [0.25, 0.3) is 0 Å². The molecule has 88 valence electrons. The summed E-state index contributed by atoms with van der Waals surface area (Å²) in [4.78, 5) is 4.38. The fourth-order valence-corrected chi connectivity index (χ4v) is 1.70. The van der Waals surface area contributed by atoms with Gasteiger partial charge in [-0.3, -0.25) is 4.98 Å². The Labute approximate surface area is 101 Å². The third-order valence-electron chi connectivity index (χ3n) is 2.55. The van der Waals surface area contributed by atoms with Crippen LogP contribution in [-0.4, -0.2) is 4.98 Å². The lowest BCUT2D eigenvalue weighted by atomic mass is 10.2. The summed E-state index contributed by atoms with van der Waals surface area (Å²) in [6.07, 6.45) is 0. The third kappa shape index (κ3) is 2.75. The minimum atomic E-state index is 0.441. The van der Waals surface area contributed by atoms with Crippen LogP contribution in [0.15, 0.2) is 36.4 Å². The van der Waals surface area contributed by atoms with Crippen molar-refractivity contribution in [1.82, 2.24) is 4.98 Å². The van der Waals surface area contributed by atoms with Crippen LogP contribution in [0.3, 0.4) is 0 Å². The zero-order valence-corrected chi connectivity index (χ0v) is 10.1. The molecule has 0 radical (unpaired) electrons. The maximum Gasteiger partial charge on any atom is 0.145 e. The number of para-hydroxylation sites is 1. The molecule has 0 fully saturated rings. The van der Waals surface area contributed by atoms with Gasteiger partial charge in [0.15, 0.2) is 0 Å². The molecule has 0 bridgehead atoms. The lowest BCUT2D eigenvalue weighted by molar-refractivity contribution is 0.301. The van der Waals surface area contributed by atoms with E-state index in [0.717, 1.165) is 22.7 Å². The molecule has 1 heterocycles. The standard InChI is InChI=1S/C14H16N2O/c1-10-5-3-8-13(15)14(10)17-9-12-7-4-6-11(2)16-12/h3-8H,9,15H2,1-2H3. The third-order valence-corrected chi connectivity index (χ3v) is 2.55. The van der Waals surface area contributed by atoms with Crippen molar-refractivity contribution in [3.05, 3.63) is 53.3 Å². The Balaban J connectivity index is 2.13. The molecule has 2 aromatic rings. The molecule has 1 aromatic carbocycles. The molecule has 1 aromatic heterocycles. The SMILES string of the molecule is Cc1cccc(COc2c(C)cccc2N)n1. The van der Waals surface area contributed by atoms with E-state index in [9.17, 15) is 0 Å². The Morgan fingerprint density at radius 2 is 1.88 bits per heavy atom. The fraction of sp³-hybridized carbons (Fsp3) is 0.214. The smallest absolute Gasteiger partial charge is 0.145 e. The predicted molar refractivity (Wildman–Crippen MR) is 68.9 cm³/mol. The highest BCUT2D eigenvalue weighted by Gasteiger charge is 2.04. The van der Waals surface area contributed by atoms with Crippen LogP contribution in [-0.2, 0) is 6.61 Å². The van der Waals surface area contributed by atoms with Gasteiger partial charge >= 0.3 is 0 Å². The van der Waals surface area contributed by atoms with Crippen LogP contribution in [0, 0.1) is 13.8 Å². The number of hydrogen-bond donors (Lipinski definition) is 1. The molecule has 0 spiro atoms. The van der Waals surface area contributed by atoms with Crippen molar-refractivity contribution < 1.29 is 4.74 Å². The fourth-order valence-electron chi connectivity index (χ4n) is 1.70. The van der Waals surface area contributed by atoms with Gasteiger partial charge in [-0.1, -0.05) is 18.2 Å². The number of pyridine rings is 1. The molecule has 2 N–H and O–H groups in total. The Morgan fingerprint density at radius 1 is 1.12 bits per heavy atom. The number of hydrogen-bond acceptors (Lipinski definition) is 3. The summed E-state index contributed by atoms with van der Waals surface area (Å²) in [5.41, 5.74) is 9.47. The lowest BCUT2D eigenvalue weighted by Gasteiger charge is -2.11. The Hall–Kier alpha value is -2.03. The second-order valence-electron chi connectivity index (χ2n) is 4.05. The quantitative estimate of drug-likeness (QED) is 0.822. The van der Waals surface area contributed by atoms with Crippen molar-refractivity contribution in [3.8, 4) is 5.75 Å². The first kappa shape index (κ1) is 11.5. The van der Waals surface area contributed by atoms with Gasteiger partial charge in [0.1, 0.15) is 12.4 Å². The zero-order valence-electron chi connectivity index (χ0n) is 10.1. The Morgan fingerprint density at radius 3 is 2.59 bits per heavy atom. The van der Waals surface area contributed by atoms with Crippen LogP contribution in [0.5, 0.6) is 5.75 Å². The van der Waals surface area contributed by atoms with Gasteiger partial charge in [-0.05, 0) is 37.6 Å². The number of aromatic nitrogens is 1. The van der Waals surface area contributed by atoms with E-state index in [2.05, 4.69) is 4.98 Å². The van der Waals surface area contributed by atoms with Gasteiger partial charge < -0.3 is 10.5 Å². The number of nitrogen functional groups attached to an aromatic ring is 1. The monoisotopic (exact) mass is 228 g/mol.